The zero-order valence-electron chi connectivity index (χ0n) is 27.1. The summed E-state index contributed by atoms with van der Waals surface area (Å²) in [6.07, 6.45) is 0. The minimum absolute atomic E-state index is 0.147. The molecular formula is H53P53. The molecule has 53 heteroatoms. The molecule has 0 rings (SSSR count). The summed E-state index contributed by atoms with van der Waals surface area (Å²) >= 11 is 0. The molecule has 0 nitrogen and oxygen atoms in total. The van der Waals surface area contributed by atoms with Crippen LogP contribution in [0.2, 0.25) is 0 Å². The van der Waals surface area contributed by atoms with Crippen LogP contribution < -0.4 is 0 Å². The summed E-state index contributed by atoms with van der Waals surface area (Å²) in [6.45, 7) is -4.98. The van der Waals surface area contributed by atoms with Crippen molar-refractivity contribution in [2.75, 3.05) is 0 Å². The summed E-state index contributed by atoms with van der Waals surface area (Å²) in [4.78, 5) is 0. The van der Waals surface area contributed by atoms with E-state index in [-0.39, 0.29) is 175 Å². The van der Waals surface area contributed by atoms with Crippen LogP contribution >= 0.6 is 424 Å². The van der Waals surface area contributed by atoms with E-state index in [4.69, 9.17) is 0 Å². The molecule has 318 valence electrons. The lowest BCUT2D eigenvalue weighted by Crippen LogP contribution is -1.71. The minimum atomic E-state index is -0.300. The van der Waals surface area contributed by atoms with E-state index in [1.165, 1.54) is 0 Å². The van der Waals surface area contributed by atoms with Gasteiger partial charge in [0.05, 0.1) is 0 Å². The van der Waals surface area contributed by atoms with Crippen molar-refractivity contribution >= 4 is 424 Å². The molecule has 0 aromatic carbocycles. The highest BCUT2D eigenvalue weighted by Gasteiger charge is 2.59. The molecular weight excluding hydrogens is 1640 g/mol. The molecule has 0 aliphatic rings. The van der Waals surface area contributed by atoms with E-state index in [9.17, 15) is 0 Å². The van der Waals surface area contributed by atoms with Crippen molar-refractivity contribution < 1.29 is 0 Å². The zero-order chi connectivity index (χ0) is 42.1. The van der Waals surface area contributed by atoms with Crippen molar-refractivity contribution in [2.45, 2.75) is 0 Å². The maximum Gasteiger partial charge on any atom is -0.0000137 e. The summed E-state index contributed by atoms with van der Waals surface area (Å²) in [5.41, 5.74) is 0. The van der Waals surface area contributed by atoms with E-state index in [1.807, 2.05) is 0 Å². The minimum Gasteiger partial charge on any atom is -0.102 e. The van der Waals surface area contributed by atoms with Gasteiger partial charge >= 0.3 is 0 Å². The van der Waals surface area contributed by atoms with Gasteiger partial charge in [-0.05, 0) is 175 Å². The maximum absolute atomic E-state index is 4.51. The Kier molecular flexibility index (Phi) is 59.7. The summed E-state index contributed by atoms with van der Waals surface area (Å²) in [7, 11) is 97.1. The van der Waals surface area contributed by atoms with Crippen LogP contribution in [0.5, 0.6) is 0 Å². The standard InChI is InChI=1S/H53P53/c1-28-42(29(2)3)49(43(30(4)5)31(6)7)52(48(40(24)25)41(26)27)53(50(44(32(8)9)33(10)11)45(34(12)13)35(14)15)51(46(36(16)17)37(18)19)47(38(20)21)39(22)23/h1-2,28H,3-27H2. The van der Waals surface area contributed by atoms with Crippen LogP contribution in [0.15, 0.2) is 0 Å². The van der Waals surface area contributed by atoms with Crippen molar-refractivity contribution in [1.29, 1.82) is 0 Å². The quantitative estimate of drug-likeness (QED) is 0.0799. The third kappa shape index (κ3) is 27.2. The van der Waals surface area contributed by atoms with Crippen LogP contribution in [0, 0.1) is 0 Å². The first-order valence-electron chi connectivity index (χ1n) is 12.0. The lowest BCUT2D eigenvalue weighted by Gasteiger charge is -2.59. The summed E-state index contributed by atoms with van der Waals surface area (Å²) in [5, 5.41) is 0. The summed E-state index contributed by atoms with van der Waals surface area (Å²) in [6, 6.07) is 0. The number of hydrogen-bond acceptors (Lipinski definition) is 0. The molecule has 0 spiro atoms. The van der Waals surface area contributed by atoms with Gasteiger partial charge in [-0.15, -0.1) is 223 Å². The monoisotopic (exact) mass is 1700 g/mol. The Morgan fingerprint density at radius 3 is 0.491 bits per heavy atom. The van der Waals surface area contributed by atoms with Gasteiger partial charge in [-0.2, -0.15) is 0 Å². The molecule has 30 unspecified atom stereocenters. The van der Waals surface area contributed by atoms with Crippen LogP contribution in [0.25, 0.3) is 0 Å². The highest BCUT2D eigenvalue weighted by atomic mass is 33.6. The fourth-order valence-electron chi connectivity index (χ4n) is 3.09. The number of hydrogen-bond donors (Lipinski definition) is 0. The molecule has 2 radical (unpaired) electrons. The third-order valence-corrected chi connectivity index (χ3v) is 369. The predicted molar refractivity (Wildman–Crippen MR) is 441 cm³/mol. The van der Waals surface area contributed by atoms with Gasteiger partial charge in [0.2, 0.25) is 0 Å². The summed E-state index contributed by atoms with van der Waals surface area (Å²) in [5.74, 6) is 0. The highest BCUT2D eigenvalue weighted by Crippen LogP contribution is 3.46. The first kappa shape index (κ1) is 75.8. The Morgan fingerprint density at radius 1 is 0.226 bits per heavy atom. The zero-order valence-corrected chi connectivity index (χ0v) is 81.3. The van der Waals surface area contributed by atoms with Crippen LogP contribution in [0.4, 0.5) is 0 Å². The molecule has 0 N–H and O–H groups in total. The molecule has 0 bridgehead atoms. The van der Waals surface area contributed by atoms with Crippen molar-refractivity contribution in [1.82, 2.24) is 0 Å². The van der Waals surface area contributed by atoms with E-state index in [1.54, 1.807) is 0 Å². The molecule has 30 atom stereocenters. The highest BCUT2D eigenvalue weighted by molar-refractivity contribution is 9.52. The largest absolute Gasteiger partial charge is 0.102 e. The normalized spacial score (nSPS) is 16.2. The van der Waals surface area contributed by atoms with Crippen molar-refractivity contribution in [3.05, 3.63) is 0 Å². The molecule has 0 aliphatic carbocycles. The van der Waals surface area contributed by atoms with E-state index in [0.717, 1.165) is 7.96 Å². The molecule has 0 aliphatic heterocycles. The van der Waals surface area contributed by atoms with Crippen LogP contribution in [-0.4, -0.2) is 0 Å². The van der Waals surface area contributed by atoms with Gasteiger partial charge in [0.15, 0.2) is 0 Å². The second-order valence-corrected chi connectivity index (χ2v) is 223. The molecule has 0 saturated heterocycles. The van der Waals surface area contributed by atoms with Gasteiger partial charge in [0.25, 0.3) is 0 Å². The first-order chi connectivity index (χ1) is 24.1. The smallest absolute Gasteiger partial charge is 0.0000137 e. The first-order valence-corrected chi connectivity index (χ1v) is 108. The Labute approximate surface area is 417 Å². The van der Waals surface area contributed by atoms with E-state index < -0.39 is 0 Å². The Hall–Kier alpha value is 22.8. The fourth-order valence-corrected chi connectivity index (χ4v) is 751. The second-order valence-electron chi connectivity index (χ2n) is 8.26. The lowest BCUT2D eigenvalue weighted by atomic mass is 28.4. The molecule has 0 saturated carbocycles. The Bertz CT molecular complexity index is 792. The van der Waals surface area contributed by atoms with E-state index >= 15 is 0 Å². The van der Waals surface area contributed by atoms with Gasteiger partial charge < -0.3 is 0 Å². The average molecular weight is 1700 g/mol. The van der Waals surface area contributed by atoms with Crippen LogP contribution in [0.3, 0.4) is 0 Å². The fraction of sp³-hybridized carbons (Fsp3) is 0. The van der Waals surface area contributed by atoms with Crippen LogP contribution in [-0.2, 0) is 0 Å². The maximum atomic E-state index is 4.51. The molecule has 0 amide bonds. The molecule has 0 aromatic rings. The molecule has 0 aromatic heterocycles. The second kappa shape index (κ2) is 41.7. The molecule has 0 fully saturated rings. The van der Waals surface area contributed by atoms with Crippen molar-refractivity contribution in [2.24, 2.45) is 0 Å². The Balaban J connectivity index is 9.85. The number of rotatable bonds is 25. The van der Waals surface area contributed by atoms with Gasteiger partial charge in [0, 0.05) is 0 Å². The SMILES string of the molecule is [PH]PP(P([PH])P)P(P(P(P)P)P(P)P)P(P(P(P)P)P(P)P)P(P(P(P(P)P)P(P)P)P(P(P)P)P(P)P)P(P(P(P)P)P(P)P)P(P(P)P)P(P)P. The molecule has 0 heterocycles. The van der Waals surface area contributed by atoms with Gasteiger partial charge in [-0.3, -0.25) is 0 Å². The Morgan fingerprint density at radius 2 is 0.358 bits per heavy atom. The summed E-state index contributed by atoms with van der Waals surface area (Å²) < 4.78 is 0. The van der Waals surface area contributed by atoms with Gasteiger partial charge in [0.1, 0.15) is 0 Å². The van der Waals surface area contributed by atoms with Crippen molar-refractivity contribution in [3.8, 4) is 0 Å². The van der Waals surface area contributed by atoms with Gasteiger partial charge in [-0.1, -0.05) is 25.8 Å². The molecule has 53 heavy (non-hydrogen) atoms. The van der Waals surface area contributed by atoms with Gasteiger partial charge in [-0.25, -0.2) is 0 Å². The average Bonchev–Trinajstić information content (AvgIpc) is 2.93. The van der Waals surface area contributed by atoms with E-state index in [2.05, 4.69) is 241 Å². The van der Waals surface area contributed by atoms with Crippen LogP contribution in [0.1, 0.15) is 0 Å². The topological polar surface area (TPSA) is 0 Å². The lowest BCUT2D eigenvalue weighted by molar-refractivity contribution is 4.35. The van der Waals surface area contributed by atoms with E-state index in [0.29, 0.717) is 0 Å². The predicted octanol–water partition coefficient (Wildman–Crippen LogP) is 31.5. The third-order valence-electron chi connectivity index (χ3n) is 4.55. The van der Waals surface area contributed by atoms with Crippen molar-refractivity contribution in [3.63, 3.8) is 0 Å².